The van der Waals surface area contributed by atoms with E-state index in [1.807, 2.05) is 32.0 Å². The second kappa shape index (κ2) is 6.76. The Balaban J connectivity index is 1.82. The number of hydrogen-bond donors (Lipinski definition) is 1. The van der Waals surface area contributed by atoms with Gasteiger partial charge in [-0.05, 0) is 31.5 Å². The molecule has 4 nitrogen and oxygen atoms in total. The molecule has 0 bridgehead atoms. The Morgan fingerprint density at radius 1 is 1.00 bits per heavy atom. The zero-order valence-corrected chi connectivity index (χ0v) is 13.7. The molecular weight excluding hydrogens is 324 g/mol. The Kier molecular flexibility index (Phi) is 4.52. The molecule has 0 fully saturated rings. The second-order valence-electron chi connectivity index (χ2n) is 5.66. The van der Waals surface area contributed by atoms with Crippen LogP contribution >= 0.6 is 0 Å². The van der Waals surface area contributed by atoms with E-state index >= 15 is 0 Å². The molecule has 3 aromatic rings. The van der Waals surface area contributed by atoms with E-state index in [4.69, 9.17) is 0 Å². The molecule has 0 aliphatic carbocycles. The molecule has 3 rings (SSSR count). The maximum Gasteiger partial charge on any atom is 0.262 e. The van der Waals surface area contributed by atoms with Gasteiger partial charge in [0, 0.05) is 5.56 Å². The largest absolute Gasteiger partial charge is 0.305 e. The van der Waals surface area contributed by atoms with Crippen LogP contribution in [0.5, 0.6) is 0 Å². The number of nitrogens with zero attached hydrogens (tertiary/aromatic N) is 2. The van der Waals surface area contributed by atoms with Crippen LogP contribution in [0.15, 0.2) is 48.8 Å². The number of benzene rings is 2. The van der Waals surface area contributed by atoms with Crippen molar-refractivity contribution in [1.82, 2.24) is 9.97 Å². The smallest absolute Gasteiger partial charge is 0.262 e. The van der Waals surface area contributed by atoms with Gasteiger partial charge in [-0.25, -0.2) is 13.8 Å². The van der Waals surface area contributed by atoms with Gasteiger partial charge in [-0.1, -0.05) is 29.8 Å². The van der Waals surface area contributed by atoms with Crippen LogP contribution in [-0.4, -0.2) is 15.9 Å². The van der Waals surface area contributed by atoms with Gasteiger partial charge in [0.05, 0.1) is 18.1 Å². The van der Waals surface area contributed by atoms with E-state index in [-0.39, 0.29) is 5.82 Å². The lowest BCUT2D eigenvalue weighted by Crippen LogP contribution is -2.16. The summed E-state index contributed by atoms with van der Waals surface area (Å²) in [4.78, 5) is 20.4. The van der Waals surface area contributed by atoms with Gasteiger partial charge in [0.2, 0.25) is 0 Å². The number of carbonyl (C=O) groups excluding carboxylic acids is 1. The van der Waals surface area contributed by atoms with Crippen molar-refractivity contribution in [2.24, 2.45) is 0 Å². The van der Waals surface area contributed by atoms with Crippen molar-refractivity contribution in [2.45, 2.75) is 13.8 Å². The lowest BCUT2D eigenvalue weighted by Gasteiger charge is -2.08. The van der Waals surface area contributed by atoms with E-state index in [0.717, 1.165) is 28.8 Å². The predicted octanol–water partition coefficient (Wildman–Crippen LogP) is 4.29. The van der Waals surface area contributed by atoms with Crippen LogP contribution in [0.3, 0.4) is 0 Å². The maximum atomic E-state index is 13.6. The van der Waals surface area contributed by atoms with Gasteiger partial charge in [-0.15, -0.1) is 0 Å². The molecule has 1 N–H and O–H groups in total. The minimum absolute atomic E-state index is 0.112. The van der Waals surface area contributed by atoms with Crippen LogP contribution in [0.25, 0.3) is 11.3 Å². The van der Waals surface area contributed by atoms with Gasteiger partial charge >= 0.3 is 0 Å². The number of carbonyl (C=O) groups is 1. The third kappa shape index (κ3) is 3.52. The number of anilines is 1. The zero-order valence-electron chi connectivity index (χ0n) is 13.7. The van der Waals surface area contributed by atoms with Crippen molar-refractivity contribution in [2.75, 3.05) is 5.32 Å². The van der Waals surface area contributed by atoms with Crippen LogP contribution in [0.1, 0.15) is 21.5 Å². The highest BCUT2D eigenvalue weighted by atomic mass is 19.1. The lowest BCUT2D eigenvalue weighted by molar-refractivity contribution is 0.101. The minimum Gasteiger partial charge on any atom is -0.305 e. The van der Waals surface area contributed by atoms with Crippen LogP contribution in [-0.2, 0) is 0 Å². The highest BCUT2D eigenvalue weighted by Gasteiger charge is 2.17. The van der Waals surface area contributed by atoms with Crippen molar-refractivity contribution in [1.29, 1.82) is 0 Å². The SMILES string of the molecule is Cc1ccc(-c2cnc(NC(=O)c3c(F)cccc3F)cn2)c(C)c1. The quantitative estimate of drug-likeness (QED) is 0.774. The molecule has 0 spiro atoms. The Hall–Kier alpha value is -3.15. The van der Waals surface area contributed by atoms with Gasteiger partial charge in [0.15, 0.2) is 5.82 Å². The van der Waals surface area contributed by atoms with Crippen LogP contribution in [0, 0.1) is 25.5 Å². The van der Waals surface area contributed by atoms with Gasteiger partial charge in [-0.3, -0.25) is 9.78 Å². The van der Waals surface area contributed by atoms with Crippen molar-refractivity contribution in [3.8, 4) is 11.3 Å². The predicted molar refractivity (Wildman–Crippen MR) is 91.3 cm³/mol. The number of aromatic nitrogens is 2. The summed E-state index contributed by atoms with van der Waals surface area (Å²) in [7, 11) is 0. The van der Waals surface area contributed by atoms with E-state index in [2.05, 4.69) is 15.3 Å². The molecule has 0 unspecified atom stereocenters. The average molecular weight is 339 g/mol. The fourth-order valence-electron chi connectivity index (χ4n) is 2.53. The topological polar surface area (TPSA) is 54.9 Å². The number of halogens is 2. The fourth-order valence-corrected chi connectivity index (χ4v) is 2.53. The first-order valence-corrected chi connectivity index (χ1v) is 7.61. The summed E-state index contributed by atoms with van der Waals surface area (Å²) in [6.45, 7) is 3.98. The van der Waals surface area contributed by atoms with Gasteiger partial charge in [0.1, 0.15) is 17.2 Å². The van der Waals surface area contributed by atoms with Crippen molar-refractivity contribution in [3.05, 3.63) is 77.1 Å². The van der Waals surface area contributed by atoms with E-state index < -0.39 is 23.1 Å². The maximum absolute atomic E-state index is 13.6. The van der Waals surface area contributed by atoms with Crippen molar-refractivity contribution in [3.63, 3.8) is 0 Å². The molecule has 1 amide bonds. The highest BCUT2D eigenvalue weighted by molar-refractivity contribution is 6.04. The Morgan fingerprint density at radius 2 is 1.72 bits per heavy atom. The van der Waals surface area contributed by atoms with Crippen molar-refractivity contribution < 1.29 is 13.6 Å². The average Bonchev–Trinajstić information content (AvgIpc) is 2.56. The first-order valence-electron chi connectivity index (χ1n) is 7.61. The number of rotatable bonds is 3. The molecule has 0 atom stereocenters. The Labute approximate surface area is 143 Å². The molecule has 1 heterocycles. The lowest BCUT2D eigenvalue weighted by atomic mass is 10.0. The Bertz CT molecular complexity index is 920. The monoisotopic (exact) mass is 339 g/mol. The van der Waals surface area contributed by atoms with E-state index in [1.165, 1.54) is 18.5 Å². The molecule has 0 aliphatic rings. The molecule has 0 saturated heterocycles. The summed E-state index contributed by atoms with van der Waals surface area (Å²) in [5.41, 5.74) is 3.12. The van der Waals surface area contributed by atoms with Gasteiger partial charge in [0.25, 0.3) is 5.91 Å². The standard InChI is InChI=1S/C19H15F2N3O/c1-11-6-7-13(12(2)8-11)16-9-23-17(10-22-16)24-19(25)18-14(20)4-3-5-15(18)21/h3-10H,1-2H3,(H,23,24,25). The second-order valence-corrected chi connectivity index (χ2v) is 5.66. The van der Waals surface area contributed by atoms with Gasteiger partial charge in [-0.2, -0.15) is 0 Å². The number of amides is 1. The van der Waals surface area contributed by atoms with Crippen LogP contribution in [0.4, 0.5) is 14.6 Å². The van der Waals surface area contributed by atoms with Crippen LogP contribution < -0.4 is 5.32 Å². The summed E-state index contributed by atoms with van der Waals surface area (Å²) >= 11 is 0. The third-order valence-electron chi connectivity index (χ3n) is 3.74. The summed E-state index contributed by atoms with van der Waals surface area (Å²) in [5, 5.41) is 2.35. The highest BCUT2D eigenvalue weighted by Crippen LogP contribution is 2.22. The minimum atomic E-state index is -0.933. The molecule has 0 radical (unpaired) electrons. The summed E-state index contributed by atoms with van der Waals surface area (Å²) in [6.07, 6.45) is 2.86. The Morgan fingerprint density at radius 3 is 2.32 bits per heavy atom. The molecule has 126 valence electrons. The third-order valence-corrected chi connectivity index (χ3v) is 3.74. The molecule has 6 heteroatoms. The molecule has 1 aromatic heterocycles. The summed E-state index contributed by atoms with van der Waals surface area (Å²) in [5.74, 6) is -2.67. The van der Waals surface area contributed by atoms with Crippen molar-refractivity contribution >= 4 is 11.7 Å². The summed E-state index contributed by atoms with van der Waals surface area (Å²) in [6, 6.07) is 9.19. The number of nitrogens with one attached hydrogen (secondary N) is 1. The number of aryl methyl sites for hydroxylation is 2. The van der Waals surface area contributed by atoms with E-state index in [9.17, 15) is 13.6 Å². The first kappa shape index (κ1) is 16.7. The normalized spacial score (nSPS) is 10.6. The number of hydrogen-bond acceptors (Lipinski definition) is 3. The molecule has 0 saturated carbocycles. The molecule has 0 aliphatic heterocycles. The fraction of sp³-hybridized carbons (Fsp3) is 0.105. The molecule has 25 heavy (non-hydrogen) atoms. The zero-order chi connectivity index (χ0) is 18.0. The van der Waals surface area contributed by atoms with E-state index in [0.29, 0.717) is 5.69 Å². The molecule has 2 aromatic carbocycles. The van der Waals surface area contributed by atoms with Crippen LogP contribution in [0.2, 0.25) is 0 Å². The summed E-state index contributed by atoms with van der Waals surface area (Å²) < 4.78 is 27.3. The molecular formula is C19H15F2N3O. The first-order chi connectivity index (χ1) is 12.0. The van der Waals surface area contributed by atoms with Gasteiger partial charge < -0.3 is 5.32 Å². The van der Waals surface area contributed by atoms with E-state index in [1.54, 1.807) is 0 Å².